The van der Waals surface area contributed by atoms with E-state index in [2.05, 4.69) is 28.2 Å². The molecule has 0 aliphatic rings. The van der Waals surface area contributed by atoms with Crippen molar-refractivity contribution in [3.05, 3.63) is 168 Å². The standard InChI is InChI=1S/C50H54N4O10/c1-3-8-44(64-50(58)54-43-27-19-39(20-28-43)32-37-15-23-41(24-16-37)52-48(56)62-34-46-12-7-30-60-46)10-5-4-9-35(2)63-49(57)53-42-25-17-38(18-26-42)31-36-13-21-40(22-14-36)51-47(55)61-33-45-11-6-29-59-45/h6-7,11-30,35,44H,3-5,8-10,31-34H2,1-2H3,(H,51,55)(H,52,56)(H,53,57)(H,54,58). The van der Waals surface area contributed by atoms with Gasteiger partial charge in [0, 0.05) is 22.7 Å². The molecule has 0 radical (unpaired) electrons. The summed E-state index contributed by atoms with van der Waals surface area (Å²) in [4.78, 5) is 49.6. The van der Waals surface area contributed by atoms with Gasteiger partial charge in [-0.1, -0.05) is 61.9 Å². The van der Waals surface area contributed by atoms with Crippen LogP contribution in [0.5, 0.6) is 0 Å². The molecule has 0 bridgehead atoms. The summed E-state index contributed by atoms with van der Waals surface area (Å²) in [6.07, 6.45) is 6.33. The lowest BCUT2D eigenvalue weighted by molar-refractivity contribution is 0.0933. The third kappa shape index (κ3) is 16.1. The van der Waals surface area contributed by atoms with Crippen LogP contribution in [0.2, 0.25) is 0 Å². The van der Waals surface area contributed by atoms with Crippen LogP contribution < -0.4 is 21.3 Å². The maximum atomic E-state index is 12.8. The van der Waals surface area contributed by atoms with Gasteiger partial charge in [0.25, 0.3) is 0 Å². The summed E-state index contributed by atoms with van der Waals surface area (Å²) in [7, 11) is 0. The molecule has 0 aliphatic carbocycles. The lowest BCUT2D eigenvalue weighted by Crippen LogP contribution is -2.23. The molecule has 6 aromatic rings. The van der Waals surface area contributed by atoms with Gasteiger partial charge in [0.2, 0.25) is 0 Å². The molecule has 0 saturated heterocycles. The first-order chi connectivity index (χ1) is 31.1. The van der Waals surface area contributed by atoms with Crippen LogP contribution in [0.3, 0.4) is 0 Å². The highest BCUT2D eigenvalue weighted by molar-refractivity contribution is 5.86. The fourth-order valence-electron chi connectivity index (χ4n) is 6.74. The average Bonchev–Trinajstić information content (AvgIpc) is 4.02. The summed E-state index contributed by atoms with van der Waals surface area (Å²) in [6.45, 7) is 4.03. The van der Waals surface area contributed by atoms with Crippen molar-refractivity contribution in [3.63, 3.8) is 0 Å². The predicted molar refractivity (Wildman–Crippen MR) is 243 cm³/mol. The van der Waals surface area contributed by atoms with Gasteiger partial charge in [-0.25, -0.2) is 19.2 Å². The maximum absolute atomic E-state index is 12.8. The number of benzene rings is 4. The van der Waals surface area contributed by atoms with Gasteiger partial charge in [0.05, 0.1) is 12.5 Å². The number of hydrogen-bond donors (Lipinski definition) is 4. The SMILES string of the molecule is CCCC(CCCCC(C)OC(=O)Nc1ccc(Cc2ccc(NC(=O)OCc3ccco3)cc2)cc1)OC(=O)Nc1ccc(Cc2ccc(NC(=O)OCc3ccco3)cc2)cc1. The number of ether oxygens (including phenoxy) is 4. The summed E-state index contributed by atoms with van der Waals surface area (Å²) >= 11 is 0. The van der Waals surface area contributed by atoms with Gasteiger partial charge in [-0.15, -0.1) is 0 Å². The highest BCUT2D eigenvalue weighted by Gasteiger charge is 2.16. The molecule has 64 heavy (non-hydrogen) atoms. The van der Waals surface area contributed by atoms with Crippen molar-refractivity contribution in [2.75, 3.05) is 21.3 Å². The molecular weight excluding hydrogens is 817 g/mol. The molecule has 14 nitrogen and oxygen atoms in total. The van der Waals surface area contributed by atoms with Crippen LogP contribution in [0.15, 0.2) is 143 Å². The Morgan fingerprint density at radius 2 is 0.859 bits per heavy atom. The topological polar surface area (TPSA) is 180 Å². The number of carbonyl (C=O) groups excluding carboxylic acids is 4. The van der Waals surface area contributed by atoms with Crippen molar-refractivity contribution in [1.82, 2.24) is 0 Å². The molecule has 2 heterocycles. The van der Waals surface area contributed by atoms with Crippen LogP contribution in [0.4, 0.5) is 41.9 Å². The van der Waals surface area contributed by atoms with Crippen molar-refractivity contribution in [2.45, 2.75) is 90.6 Å². The third-order valence-corrected chi connectivity index (χ3v) is 10.0. The van der Waals surface area contributed by atoms with E-state index in [-0.39, 0.29) is 25.4 Å². The first kappa shape index (κ1) is 46.0. The lowest BCUT2D eigenvalue weighted by atomic mass is 10.0. The van der Waals surface area contributed by atoms with E-state index in [0.717, 1.165) is 47.9 Å². The van der Waals surface area contributed by atoms with E-state index < -0.39 is 24.4 Å². The molecule has 14 heteroatoms. The highest BCUT2D eigenvalue weighted by atomic mass is 16.6. The van der Waals surface area contributed by atoms with Gasteiger partial charge < -0.3 is 27.8 Å². The van der Waals surface area contributed by atoms with E-state index in [1.165, 1.54) is 12.5 Å². The zero-order valence-corrected chi connectivity index (χ0v) is 36.0. The van der Waals surface area contributed by atoms with Crippen LogP contribution in [0, 0.1) is 0 Å². The van der Waals surface area contributed by atoms with Gasteiger partial charge in [0.15, 0.2) is 13.2 Å². The molecule has 0 saturated carbocycles. The van der Waals surface area contributed by atoms with E-state index in [9.17, 15) is 19.2 Å². The Bertz CT molecular complexity index is 2330. The molecule has 2 aromatic heterocycles. The van der Waals surface area contributed by atoms with Crippen molar-refractivity contribution in [1.29, 1.82) is 0 Å². The van der Waals surface area contributed by atoms with Gasteiger partial charge >= 0.3 is 24.4 Å². The fourth-order valence-corrected chi connectivity index (χ4v) is 6.74. The summed E-state index contributed by atoms with van der Waals surface area (Å²) < 4.78 is 32.1. The molecule has 4 aromatic carbocycles. The number of carbonyl (C=O) groups is 4. The third-order valence-electron chi connectivity index (χ3n) is 10.0. The molecule has 2 atom stereocenters. The number of furan rings is 2. The lowest BCUT2D eigenvalue weighted by Gasteiger charge is -2.18. The number of amides is 4. The Morgan fingerprint density at radius 1 is 0.484 bits per heavy atom. The van der Waals surface area contributed by atoms with Crippen LogP contribution in [0.25, 0.3) is 0 Å². The van der Waals surface area contributed by atoms with Crippen molar-refractivity contribution < 1.29 is 47.0 Å². The van der Waals surface area contributed by atoms with Gasteiger partial charge in [0.1, 0.15) is 23.7 Å². The van der Waals surface area contributed by atoms with Crippen LogP contribution in [-0.2, 0) is 45.0 Å². The zero-order valence-electron chi connectivity index (χ0n) is 36.0. The monoisotopic (exact) mass is 870 g/mol. The van der Waals surface area contributed by atoms with E-state index in [1.54, 1.807) is 24.3 Å². The average molecular weight is 871 g/mol. The minimum atomic E-state index is -0.566. The van der Waals surface area contributed by atoms with Crippen molar-refractivity contribution in [2.24, 2.45) is 0 Å². The van der Waals surface area contributed by atoms with Gasteiger partial charge in [-0.2, -0.15) is 0 Å². The summed E-state index contributed by atoms with van der Waals surface area (Å²) in [5.41, 5.74) is 6.72. The number of unbranched alkanes of at least 4 members (excludes halogenated alkanes) is 1. The van der Waals surface area contributed by atoms with Crippen LogP contribution in [0.1, 0.15) is 86.1 Å². The fraction of sp³-hybridized carbons (Fsp3) is 0.280. The maximum Gasteiger partial charge on any atom is 0.412 e. The minimum absolute atomic E-state index is 0.0529. The second-order valence-corrected chi connectivity index (χ2v) is 15.3. The first-order valence-electron chi connectivity index (χ1n) is 21.4. The van der Waals surface area contributed by atoms with Crippen molar-refractivity contribution >= 4 is 47.1 Å². The molecular formula is C50H54N4O10. The Kier molecular flexibility index (Phi) is 17.4. The number of nitrogens with one attached hydrogen (secondary N) is 4. The van der Waals surface area contributed by atoms with Gasteiger partial charge in [-0.3, -0.25) is 21.3 Å². The Morgan fingerprint density at radius 3 is 1.23 bits per heavy atom. The number of hydrogen-bond acceptors (Lipinski definition) is 10. The highest BCUT2D eigenvalue weighted by Crippen LogP contribution is 2.21. The second kappa shape index (κ2) is 24.2. The summed E-state index contributed by atoms with van der Waals surface area (Å²) in [5, 5.41) is 11.1. The normalized spacial score (nSPS) is 11.7. The van der Waals surface area contributed by atoms with E-state index >= 15 is 0 Å². The Balaban J connectivity index is 0.830. The molecule has 0 aliphatic heterocycles. The Labute approximate surface area is 372 Å². The quantitative estimate of drug-likeness (QED) is 0.0401. The zero-order chi connectivity index (χ0) is 44.9. The first-order valence-corrected chi connectivity index (χ1v) is 21.4. The van der Waals surface area contributed by atoms with E-state index in [4.69, 9.17) is 27.8 Å². The second-order valence-electron chi connectivity index (χ2n) is 15.3. The molecule has 4 amide bonds. The smallest absolute Gasteiger partial charge is 0.412 e. The predicted octanol–water partition coefficient (Wildman–Crippen LogP) is 12.5. The molecule has 6 rings (SSSR count). The van der Waals surface area contributed by atoms with Gasteiger partial charge in [-0.05, 0) is 147 Å². The summed E-state index contributed by atoms with van der Waals surface area (Å²) in [6, 6.07) is 37.1. The molecule has 0 fully saturated rings. The summed E-state index contributed by atoms with van der Waals surface area (Å²) in [5.74, 6) is 1.13. The molecule has 334 valence electrons. The largest absolute Gasteiger partial charge is 0.466 e. The van der Waals surface area contributed by atoms with E-state index in [0.29, 0.717) is 60.0 Å². The van der Waals surface area contributed by atoms with Crippen molar-refractivity contribution in [3.8, 4) is 0 Å². The molecule has 0 spiro atoms. The number of anilines is 4. The van der Waals surface area contributed by atoms with E-state index in [1.807, 2.05) is 104 Å². The van der Waals surface area contributed by atoms with Crippen LogP contribution in [-0.4, -0.2) is 36.6 Å². The minimum Gasteiger partial charge on any atom is -0.466 e. The molecule has 4 N–H and O–H groups in total. The van der Waals surface area contributed by atoms with Crippen LogP contribution >= 0.6 is 0 Å². The number of rotatable bonds is 21. The molecule has 2 unspecified atom stereocenters. The Hall–Kier alpha value is -7.48.